The van der Waals surface area contributed by atoms with Gasteiger partial charge in [0.15, 0.2) is 0 Å². The van der Waals surface area contributed by atoms with Crippen LogP contribution in [-0.4, -0.2) is 7.13 Å². The third-order valence-electron chi connectivity index (χ3n) is 0.918. The predicted octanol–water partition coefficient (Wildman–Crippen LogP) is 2.59. The van der Waals surface area contributed by atoms with Crippen molar-refractivity contribution in [3.05, 3.63) is 30.9 Å². The average Bonchev–Trinajstić information content (AvgIpc) is 2.44. The second-order valence-electron chi connectivity index (χ2n) is 1.87. The van der Waals surface area contributed by atoms with Crippen molar-refractivity contribution in [2.45, 2.75) is 19.8 Å². The van der Waals surface area contributed by atoms with E-state index in [1.54, 1.807) is 13.4 Å². The molecule has 0 saturated heterocycles. The molecule has 10 heavy (non-hydrogen) atoms. The minimum atomic E-state index is 1.15. The van der Waals surface area contributed by atoms with E-state index in [1.807, 2.05) is 18.1 Å². The number of hydrogen-bond donors (Lipinski definition) is 0. The zero-order valence-electron chi connectivity index (χ0n) is 6.42. The van der Waals surface area contributed by atoms with Gasteiger partial charge in [-0.1, -0.05) is 19.4 Å². The molecule has 0 unspecified atom stereocenters. The Labute approximate surface area is 63.0 Å². The average molecular weight is 136 g/mol. The number of unbranched alkanes of at least 4 members (excludes halogenated alkanes) is 1. The fourth-order valence-electron chi connectivity index (χ4n) is 0.431. The molecule has 0 fully saturated rings. The third kappa shape index (κ3) is 7.21. The van der Waals surface area contributed by atoms with Crippen LogP contribution in [-0.2, 0) is 0 Å². The summed E-state index contributed by atoms with van der Waals surface area (Å²) >= 11 is 0. The van der Waals surface area contributed by atoms with E-state index in [-0.39, 0.29) is 0 Å². The molecule has 2 heteroatoms. The van der Waals surface area contributed by atoms with Crippen molar-refractivity contribution >= 4 is 7.13 Å². The Morgan fingerprint density at radius 1 is 1.70 bits per heavy atom. The van der Waals surface area contributed by atoms with E-state index < -0.39 is 0 Å². The van der Waals surface area contributed by atoms with Crippen molar-refractivity contribution in [1.29, 1.82) is 0 Å². The summed E-state index contributed by atoms with van der Waals surface area (Å²) in [6.07, 6.45) is 5.93. The molecule has 0 spiro atoms. The Morgan fingerprint density at radius 3 is 2.60 bits per heavy atom. The second kappa shape index (κ2) is 8.21. The van der Waals surface area contributed by atoms with Crippen molar-refractivity contribution < 1.29 is 4.33 Å². The predicted molar refractivity (Wildman–Crippen MR) is 45.2 cm³/mol. The number of hydrogen-bond acceptors (Lipinski definition) is 1. The molecule has 0 radical (unpaired) electrons. The van der Waals surface area contributed by atoms with Gasteiger partial charge in [-0.25, -0.2) is 0 Å². The summed E-state index contributed by atoms with van der Waals surface area (Å²) in [6.45, 7) is 5.69. The van der Waals surface area contributed by atoms with E-state index in [0.29, 0.717) is 0 Å². The normalized spacial score (nSPS) is 7.30. The van der Waals surface area contributed by atoms with Crippen LogP contribution in [0.3, 0.4) is 0 Å². The molecule has 0 bridgehead atoms. The van der Waals surface area contributed by atoms with Gasteiger partial charge < -0.3 is 0 Å². The summed E-state index contributed by atoms with van der Waals surface area (Å²) in [5.74, 6) is 1.83. The first kappa shape index (κ1) is 9.21. The van der Waals surface area contributed by atoms with Crippen molar-refractivity contribution in [2.75, 3.05) is 0 Å². The Kier molecular flexibility index (Phi) is 7.57. The number of allylic oxidation sites excluding steroid dienone is 1. The van der Waals surface area contributed by atoms with Gasteiger partial charge in [0.05, 0.1) is 0 Å². The van der Waals surface area contributed by atoms with Crippen LogP contribution in [0.5, 0.6) is 0 Å². The van der Waals surface area contributed by atoms with E-state index in [1.165, 1.54) is 6.42 Å². The molecule has 1 nitrogen and oxygen atoms in total. The molecule has 1 aromatic heterocycles. The fourth-order valence-corrected chi connectivity index (χ4v) is 0.431. The van der Waals surface area contributed by atoms with E-state index in [4.69, 9.17) is 0 Å². The monoisotopic (exact) mass is 136 g/mol. The summed E-state index contributed by atoms with van der Waals surface area (Å²) in [5, 5.41) is 0. The third-order valence-corrected chi connectivity index (χ3v) is 0.918. The van der Waals surface area contributed by atoms with Crippen LogP contribution in [0.15, 0.2) is 35.3 Å². The molecule has 0 aliphatic rings. The van der Waals surface area contributed by atoms with Crippen LogP contribution in [0, 0.1) is 0 Å². The van der Waals surface area contributed by atoms with Gasteiger partial charge in [-0.3, -0.25) is 0 Å². The van der Waals surface area contributed by atoms with Gasteiger partial charge in [0.1, 0.15) is 0 Å². The van der Waals surface area contributed by atoms with Gasteiger partial charge in [0, 0.05) is 0 Å². The fraction of sp³-hybridized carbons (Fsp3) is 0.375. The molecule has 0 aromatic carbocycles. The first-order valence-corrected chi connectivity index (χ1v) is 3.50. The Bertz CT molecular complexity index is 118. The van der Waals surface area contributed by atoms with Crippen molar-refractivity contribution in [1.82, 2.24) is 0 Å². The van der Waals surface area contributed by atoms with Crippen LogP contribution in [0.4, 0.5) is 0 Å². The molecule has 0 amide bonds. The van der Waals surface area contributed by atoms with Crippen molar-refractivity contribution in [3.8, 4) is 0 Å². The van der Waals surface area contributed by atoms with E-state index in [2.05, 4.69) is 17.8 Å². The molecule has 0 N–H and O–H groups in total. The summed E-state index contributed by atoms with van der Waals surface area (Å²) in [4.78, 5) is 0. The maximum atomic E-state index is 4.58. The van der Waals surface area contributed by atoms with Crippen molar-refractivity contribution in [3.63, 3.8) is 0 Å². The van der Waals surface area contributed by atoms with Gasteiger partial charge in [-0.2, -0.15) is 0 Å². The molecular weight excluding hydrogens is 123 g/mol. The number of rotatable bonds is 2. The molecular formula is C8H13BO. The molecule has 1 heterocycles. The minimum absolute atomic E-state index is 1.15. The standard InChI is InChI=1S/C5H10.C3H3BO/c1-3-5-4-2;1-2-4-5-3-1/h3H,1,4-5H2,2H3;1-3H. The van der Waals surface area contributed by atoms with Gasteiger partial charge >= 0.3 is 29.7 Å². The summed E-state index contributed by atoms with van der Waals surface area (Å²) in [6, 6.07) is 1.83. The topological polar surface area (TPSA) is 13.1 Å². The quantitative estimate of drug-likeness (QED) is 0.569. The molecule has 0 atom stereocenters. The van der Waals surface area contributed by atoms with Gasteiger partial charge in [-0.15, -0.1) is 6.58 Å². The second-order valence-corrected chi connectivity index (χ2v) is 1.87. The zero-order valence-corrected chi connectivity index (χ0v) is 6.42. The SMILES string of the molecule is C=CCCC.b1ccco1. The van der Waals surface area contributed by atoms with E-state index >= 15 is 0 Å². The maximum absolute atomic E-state index is 4.58. The summed E-state index contributed by atoms with van der Waals surface area (Å²) in [7, 11) is 1.62. The van der Waals surface area contributed by atoms with E-state index in [9.17, 15) is 0 Å². The van der Waals surface area contributed by atoms with Crippen LogP contribution in [0.2, 0.25) is 0 Å². The molecule has 0 aliphatic carbocycles. The van der Waals surface area contributed by atoms with Gasteiger partial charge in [-0.05, 0) is 6.42 Å². The van der Waals surface area contributed by atoms with Crippen LogP contribution in [0.25, 0.3) is 0 Å². The summed E-state index contributed by atoms with van der Waals surface area (Å²) in [5.41, 5.74) is 0. The molecule has 54 valence electrons. The molecule has 0 saturated carbocycles. The molecule has 1 rings (SSSR count). The van der Waals surface area contributed by atoms with Crippen LogP contribution < -0.4 is 0 Å². The first-order chi connectivity index (χ1) is 4.91. The van der Waals surface area contributed by atoms with E-state index in [0.717, 1.165) is 6.42 Å². The molecule has 1 aromatic rings. The van der Waals surface area contributed by atoms with Gasteiger partial charge in [0.2, 0.25) is 0 Å². The Morgan fingerprint density at radius 2 is 2.50 bits per heavy atom. The van der Waals surface area contributed by atoms with Crippen molar-refractivity contribution in [2.24, 2.45) is 0 Å². The Balaban J connectivity index is 0.000000162. The first-order valence-electron chi connectivity index (χ1n) is 3.50. The summed E-state index contributed by atoms with van der Waals surface area (Å²) < 4.78 is 4.58. The van der Waals surface area contributed by atoms with Gasteiger partial charge in [0.25, 0.3) is 0 Å². The Hall–Kier alpha value is -0.785. The van der Waals surface area contributed by atoms with Crippen LogP contribution in [0.1, 0.15) is 19.8 Å². The molecule has 0 aliphatic heterocycles. The van der Waals surface area contributed by atoms with Crippen LogP contribution >= 0.6 is 0 Å². The zero-order chi connectivity index (χ0) is 7.66.